The Kier molecular flexibility index (Phi) is 4.53. The molecule has 0 aliphatic carbocycles. The predicted octanol–water partition coefficient (Wildman–Crippen LogP) is 3.59. The van der Waals surface area contributed by atoms with Gasteiger partial charge in [-0.05, 0) is 31.5 Å². The molecule has 0 aliphatic heterocycles. The molecular weight excluding hydrogens is 256 g/mol. The number of rotatable bonds is 6. The number of hydrogen-bond donors (Lipinski definition) is 1. The molecule has 106 valence electrons. The molecule has 5 nitrogen and oxygen atoms in total. The third kappa shape index (κ3) is 3.24. The van der Waals surface area contributed by atoms with E-state index in [1.807, 2.05) is 31.2 Å². The number of nitrogens with zero attached hydrogens (tertiary/aromatic N) is 1. The van der Waals surface area contributed by atoms with E-state index in [0.29, 0.717) is 5.76 Å². The van der Waals surface area contributed by atoms with Crippen LogP contribution >= 0.6 is 0 Å². The maximum Gasteiger partial charge on any atom is 0.433 e. The van der Waals surface area contributed by atoms with E-state index in [0.717, 1.165) is 18.5 Å². The molecule has 20 heavy (non-hydrogen) atoms. The van der Waals surface area contributed by atoms with Gasteiger partial charge >= 0.3 is 5.88 Å². The smallest absolute Gasteiger partial charge is 0.404 e. The van der Waals surface area contributed by atoms with Crippen LogP contribution in [0.5, 0.6) is 0 Å². The SMILES string of the molecule is CCCNC(c1ccc(C)cc1)c1ccc([N+](=O)[O-])o1. The molecule has 5 heteroatoms. The van der Waals surface area contributed by atoms with E-state index in [2.05, 4.69) is 12.2 Å². The highest BCUT2D eigenvalue weighted by Gasteiger charge is 2.20. The van der Waals surface area contributed by atoms with Crippen LogP contribution in [0.25, 0.3) is 0 Å². The van der Waals surface area contributed by atoms with E-state index in [1.54, 1.807) is 6.07 Å². The highest BCUT2D eigenvalue weighted by Crippen LogP contribution is 2.27. The van der Waals surface area contributed by atoms with Crippen LogP contribution in [0, 0.1) is 17.0 Å². The van der Waals surface area contributed by atoms with Gasteiger partial charge in [-0.3, -0.25) is 10.1 Å². The van der Waals surface area contributed by atoms with Gasteiger partial charge in [0.15, 0.2) is 0 Å². The first kappa shape index (κ1) is 14.3. The Morgan fingerprint density at radius 1 is 1.25 bits per heavy atom. The van der Waals surface area contributed by atoms with E-state index >= 15 is 0 Å². The molecular formula is C15H18N2O3. The lowest BCUT2D eigenvalue weighted by Crippen LogP contribution is -2.22. The topological polar surface area (TPSA) is 68.3 Å². The summed E-state index contributed by atoms with van der Waals surface area (Å²) in [5, 5.41) is 14.1. The Bertz CT molecular complexity index is 575. The molecule has 0 spiro atoms. The van der Waals surface area contributed by atoms with Gasteiger partial charge in [0, 0.05) is 0 Å². The molecule has 1 heterocycles. The first-order chi connectivity index (χ1) is 9.61. The van der Waals surface area contributed by atoms with E-state index < -0.39 is 4.92 Å². The van der Waals surface area contributed by atoms with Crippen molar-refractivity contribution in [3.05, 3.63) is 63.4 Å². The molecule has 0 amide bonds. The maximum absolute atomic E-state index is 10.7. The summed E-state index contributed by atoms with van der Waals surface area (Å²) in [6.45, 7) is 4.91. The summed E-state index contributed by atoms with van der Waals surface area (Å²) in [5.41, 5.74) is 2.21. The van der Waals surface area contributed by atoms with Crippen LogP contribution in [0.15, 0.2) is 40.8 Å². The van der Waals surface area contributed by atoms with Gasteiger partial charge in [-0.2, -0.15) is 0 Å². The molecule has 1 aromatic heterocycles. The predicted molar refractivity (Wildman–Crippen MR) is 76.7 cm³/mol. The third-order valence-corrected chi connectivity index (χ3v) is 3.09. The zero-order valence-electron chi connectivity index (χ0n) is 11.6. The first-order valence-corrected chi connectivity index (χ1v) is 6.66. The van der Waals surface area contributed by atoms with E-state index in [9.17, 15) is 10.1 Å². The number of furan rings is 1. The van der Waals surface area contributed by atoms with Crippen molar-refractivity contribution < 1.29 is 9.34 Å². The Morgan fingerprint density at radius 2 is 1.95 bits per heavy atom. The Labute approximate surface area is 117 Å². The average molecular weight is 274 g/mol. The third-order valence-electron chi connectivity index (χ3n) is 3.09. The van der Waals surface area contributed by atoms with Crippen LogP contribution in [-0.4, -0.2) is 11.5 Å². The zero-order chi connectivity index (χ0) is 14.5. The lowest BCUT2D eigenvalue weighted by Gasteiger charge is -2.16. The minimum Gasteiger partial charge on any atom is -0.404 e. The van der Waals surface area contributed by atoms with Crippen molar-refractivity contribution >= 4 is 5.88 Å². The summed E-state index contributed by atoms with van der Waals surface area (Å²) in [7, 11) is 0. The van der Waals surface area contributed by atoms with Gasteiger partial charge in [-0.15, -0.1) is 0 Å². The minimum atomic E-state index is -0.518. The van der Waals surface area contributed by atoms with Crippen molar-refractivity contribution in [2.75, 3.05) is 6.54 Å². The fourth-order valence-corrected chi connectivity index (χ4v) is 2.03. The molecule has 1 N–H and O–H groups in total. The Balaban J connectivity index is 2.30. The van der Waals surface area contributed by atoms with Crippen LogP contribution in [0.1, 0.15) is 36.3 Å². The molecule has 2 rings (SSSR count). The molecule has 1 aromatic carbocycles. The lowest BCUT2D eigenvalue weighted by molar-refractivity contribution is -0.402. The van der Waals surface area contributed by atoms with Gasteiger partial charge in [0.2, 0.25) is 0 Å². The fourth-order valence-electron chi connectivity index (χ4n) is 2.03. The highest BCUT2D eigenvalue weighted by molar-refractivity contribution is 5.31. The van der Waals surface area contributed by atoms with Gasteiger partial charge < -0.3 is 9.73 Å². The van der Waals surface area contributed by atoms with Crippen molar-refractivity contribution in [3.63, 3.8) is 0 Å². The summed E-state index contributed by atoms with van der Waals surface area (Å²) in [4.78, 5) is 10.2. The molecule has 0 aliphatic rings. The Morgan fingerprint density at radius 3 is 2.50 bits per heavy atom. The monoisotopic (exact) mass is 274 g/mol. The summed E-state index contributed by atoms with van der Waals surface area (Å²) in [6, 6.07) is 11.0. The van der Waals surface area contributed by atoms with E-state index in [1.165, 1.54) is 11.6 Å². The first-order valence-electron chi connectivity index (χ1n) is 6.66. The number of nitrogens with one attached hydrogen (secondary N) is 1. The second kappa shape index (κ2) is 6.34. The van der Waals surface area contributed by atoms with Crippen molar-refractivity contribution in [1.82, 2.24) is 5.32 Å². The van der Waals surface area contributed by atoms with Gasteiger partial charge in [0.05, 0.1) is 12.1 Å². The second-order valence-electron chi connectivity index (χ2n) is 4.73. The molecule has 2 aromatic rings. The van der Waals surface area contributed by atoms with Crippen LogP contribution in [0.4, 0.5) is 5.88 Å². The summed E-state index contributed by atoms with van der Waals surface area (Å²) in [5.74, 6) is 0.337. The van der Waals surface area contributed by atoms with Gasteiger partial charge in [-0.1, -0.05) is 36.8 Å². The summed E-state index contributed by atoms with van der Waals surface area (Å²) < 4.78 is 5.33. The lowest BCUT2D eigenvalue weighted by atomic mass is 10.0. The summed E-state index contributed by atoms with van der Waals surface area (Å²) in [6.07, 6.45) is 0.977. The normalized spacial score (nSPS) is 12.3. The largest absolute Gasteiger partial charge is 0.433 e. The number of benzene rings is 1. The average Bonchev–Trinajstić information content (AvgIpc) is 2.91. The Hall–Kier alpha value is -2.14. The molecule has 0 fully saturated rings. The van der Waals surface area contributed by atoms with Crippen molar-refractivity contribution in [3.8, 4) is 0 Å². The molecule has 0 radical (unpaired) electrons. The second-order valence-corrected chi connectivity index (χ2v) is 4.73. The molecule has 1 unspecified atom stereocenters. The van der Waals surface area contributed by atoms with E-state index in [-0.39, 0.29) is 11.9 Å². The maximum atomic E-state index is 10.7. The number of aryl methyl sites for hydroxylation is 1. The quantitative estimate of drug-likeness (QED) is 0.645. The molecule has 0 saturated carbocycles. The van der Waals surface area contributed by atoms with Crippen LogP contribution < -0.4 is 5.32 Å². The van der Waals surface area contributed by atoms with Crippen molar-refractivity contribution in [2.45, 2.75) is 26.3 Å². The van der Waals surface area contributed by atoms with Crippen molar-refractivity contribution in [2.24, 2.45) is 0 Å². The molecule has 0 bridgehead atoms. The van der Waals surface area contributed by atoms with Crippen LogP contribution in [-0.2, 0) is 0 Å². The number of hydrogen-bond acceptors (Lipinski definition) is 4. The van der Waals surface area contributed by atoms with Gasteiger partial charge in [0.25, 0.3) is 0 Å². The standard InChI is InChI=1S/C15H18N2O3/c1-3-10-16-15(12-6-4-11(2)5-7-12)13-8-9-14(20-13)17(18)19/h4-9,15-16H,3,10H2,1-2H3. The number of nitro groups is 1. The van der Waals surface area contributed by atoms with Crippen LogP contribution in [0.2, 0.25) is 0 Å². The van der Waals surface area contributed by atoms with E-state index in [4.69, 9.17) is 4.42 Å². The fraction of sp³-hybridized carbons (Fsp3) is 0.333. The minimum absolute atomic E-state index is 0.163. The van der Waals surface area contributed by atoms with Gasteiger partial charge in [-0.25, -0.2) is 0 Å². The molecule has 1 atom stereocenters. The molecule has 0 saturated heterocycles. The van der Waals surface area contributed by atoms with Gasteiger partial charge in [0.1, 0.15) is 10.7 Å². The highest BCUT2D eigenvalue weighted by atomic mass is 16.6. The van der Waals surface area contributed by atoms with Crippen molar-refractivity contribution in [1.29, 1.82) is 0 Å². The summed E-state index contributed by atoms with van der Waals surface area (Å²) >= 11 is 0. The zero-order valence-corrected chi connectivity index (χ0v) is 11.6. The van der Waals surface area contributed by atoms with Crippen LogP contribution in [0.3, 0.4) is 0 Å².